The lowest BCUT2D eigenvalue weighted by Gasteiger charge is -2.23. The van der Waals surface area contributed by atoms with E-state index in [4.69, 9.17) is 11.6 Å². The molecule has 0 aromatic carbocycles. The van der Waals surface area contributed by atoms with Gasteiger partial charge in [-0.3, -0.25) is 14.6 Å². The van der Waals surface area contributed by atoms with Gasteiger partial charge in [0.25, 0.3) is 5.91 Å². The zero-order chi connectivity index (χ0) is 15.4. The number of pyridine rings is 1. The standard InChI is InChI=1S/C14H18ClN3O2S/c1-9(2)5-17-13(19)12-7-21-8-18(12)14(20)10-3-4-16-6-11(10)15/h3-4,6,9,12H,5,7-8H2,1-2H3,(H,17,19)/t12-/m0/s1. The fourth-order valence-corrected chi connectivity index (χ4v) is 3.34. The first kappa shape index (κ1) is 16.1. The first-order valence-corrected chi connectivity index (χ1v) is 8.30. The van der Waals surface area contributed by atoms with Gasteiger partial charge in [-0.15, -0.1) is 11.8 Å². The number of halogens is 1. The predicted octanol–water partition coefficient (Wildman–Crippen LogP) is 2.02. The van der Waals surface area contributed by atoms with E-state index in [1.807, 2.05) is 13.8 Å². The second kappa shape index (κ2) is 7.13. The molecule has 2 amide bonds. The number of hydrogen-bond donors (Lipinski definition) is 1. The van der Waals surface area contributed by atoms with Crippen LogP contribution in [0.3, 0.4) is 0 Å². The van der Waals surface area contributed by atoms with Gasteiger partial charge in [0.15, 0.2) is 0 Å². The Morgan fingerprint density at radius 1 is 1.57 bits per heavy atom. The van der Waals surface area contributed by atoms with E-state index < -0.39 is 6.04 Å². The lowest BCUT2D eigenvalue weighted by molar-refractivity contribution is -0.124. The van der Waals surface area contributed by atoms with Crippen LogP contribution in [0.5, 0.6) is 0 Å². The summed E-state index contributed by atoms with van der Waals surface area (Å²) in [4.78, 5) is 30.2. The number of nitrogens with one attached hydrogen (secondary N) is 1. The molecule has 0 unspecified atom stereocenters. The molecule has 5 nitrogen and oxygen atoms in total. The van der Waals surface area contributed by atoms with Crippen molar-refractivity contribution in [2.24, 2.45) is 5.92 Å². The molecular weight excluding hydrogens is 310 g/mol. The van der Waals surface area contributed by atoms with Crippen molar-refractivity contribution in [3.8, 4) is 0 Å². The van der Waals surface area contributed by atoms with Crippen LogP contribution in [0.1, 0.15) is 24.2 Å². The van der Waals surface area contributed by atoms with Gasteiger partial charge in [-0.25, -0.2) is 0 Å². The molecule has 0 bridgehead atoms. The number of nitrogens with zero attached hydrogens (tertiary/aromatic N) is 2. The Hall–Kier alpha value is -1.27. The number of carbonyl (C=O) groups excluding carboxylic acids is 2. The number of amides is 2. The van der Waals surface area contributed by atoms with Crippen molar-refractivity contribution in [1.29, 1.82) is 0 Å². The molecule has 0 spiro atoms. The summed E-state index contributed by atoms with van der Waals surface area (Å²) < 4.78 is 0. The number of rotatable bonds is 4. The minimum atomic E-state index is -0.439. The number of thioether (sulfide) groups is 1. The number of hydrogen-bond acceptors (Lipinski definition) is 4. The van der Waals surface area contributed by atoms with Crippen LogP contribution in [-0.4, -0.2) is 45.9 Å². The van der Waals surface area contributed by atoms with Crippen LogP contribution in [0, 0.1) is 5.92 Å². The number of carbonyl (C=O) groups is 2. The molecule has 1 aromatic rings. The first-order chi connectivity index (χ1) is 10.0. The molecule has 2 heterocycles. The van der Waals surface area contributed by atoms with Crippen LogP contribution >= 0.6 is 23.4 Å². The van der Waals surface area contributed by atoms with E-state index in [1.165, 1.54) is 12.4 Å². The predicted molar refractivity (Wildman–Crippen MR) is 84.4 cm³/mol. The van der Waals surface area contributed by atoms with Crippen molar-refractivity contribution in [1.82, 2.24) is 15.2 Å². The Morgan fingerprint density at radius 2 is 2.33 bits per heavy atom. The van der Waals surface area contributed by atoms with Gasteiger partial charge in [-0.1, -0.05) is 25.4 Å². The van der Waals surface area contributed by atoms with Crippen molar-refractivity contribution in [2.75, 3.05) is 18.2 Å². The molecule has 1 aliphatic rings. The smallest absolute Gasteiger partial charge is 0.256 e. The molecule has 0 radical (unpaired) electrons. The zero-order valence-corrected chi connectivity index (χ0v) is 13.6. The topological polar surface area (TPSA) is 62.3 Å². The van der Waals surface area contributed by atoms with E-state index in [-0.39, 0.29) is 11.8 Å². The van der Waals surface area contributed by atoms with Crippen LogP contribution in [0.2, 0.25) is 5.02 Å². The van der Waals surface area contributed by atoms with Crippen LogP contribution in [-0.2, 0) is 4.79 Å². The SMILES string of the molecule is CC(C)CNC(=O)[C@@H]1CSCN1C(=O)c1ccncc1Cl. The second-order valence-corrected chi connectivity index (χ2v) is 6.69. The summed E-state index contributed by atoms with van der Waals surface area (Å²) in [7, 11) is 0. The molecule has 21 heavy (non-hydrogen) atoms. The maximum absolute atomic E-state index is 12.5. The third kappa shape index (κ3) is 3.89. The molecule has 1 atom stereocenters. The van der Waals surface area contributed by atoms with Crippen molar-refractivity contribution in [2.45, 2.75) is 19.9 Å². The van der Waals surface area contributed by atoms with Gasteiger partial charge in [0.05, 0.1) is 16.5 Å². The van der Waals surface area contributed by atoms with Crippen molar-refractivity contribution in [3.63, 3.8) is 0 Å². The highest BCUT2D eigenvalue weighted by atomic mass is 35.5. The summed E-state index contributed by atoms with van der Waals surface area (Å²) in [6, 6.07) is 1.14. The normalized spacial score (nSPS) is 18.1. The molecule has 1 aliphatic heterocycles. The molecule has 0 saturated carbocycles. The average molecular weight is 328 g/mol. The molecule has 1 fully saturated rings. The van der Waals surface area contributed by atoms with Crippen LogP contribution < -0.4 is 5.32 Å². The maximum Gasteiger partial charge on any atom is 0.256 e. The summed E-state index contributed by atoms with van der Waals surface area (Å²) in [5.41, 5.74) is 0.385. The van der Waals surface area contributed by atoms with Gasteiger partial charge in [-0.05, 0) is 12.0 Å². The molecule has 1 aromatic heterocycles. The average Bonchev–Trinajstić information content (AvgIpc) is 2.94. The van der Waals surface area contributed by atoms with Crippen LogP contribution in [0.15, 0.2) is 18.5 Å². The molecule has 1 saturated heterocycles. The number of aromatic nitrogens is 1. The molecule has 1 N–H and O–H groups in total. The molecule has 7 heteroatoms. The minimum absolute atomic E-state index is 0.104. The Morgan fingerprint density at radius 3 is 3.00 bits per heavy atom. The van der Waals surface area contributed by atoms with Crippen LogP contribution in [0.25, 0.3) is 0 Å². The Labute approximate surface area is 133 Å². The van der Waals surface area contributed by atoms with Crippen molar-refractivity contribution < 1.29 is 9.59 Å². The monoisotopic (exact) mass is 327 g/mol. The van der Waals surface area contributed by atoms with Gasteiger partial charge in [0.1, 0.15) is 6.04 Å². The third-order valence-corrected chi connectivity index (χ3v) is 4.45. The summed E-state index contributed by atoms with van der Waals surface area (Å²) in [6.07, 6.45) is 2.96. The quantitative estimate of drug-likeness (QED) is 0.919. The van der Waals surface area contributed by atoms with E-state index in [1.54, 1.807) is 22.7 Å². The van der Waals surface area contributed by atoms with Gasteiger partial charge in [0, 0.05) is 24.7 Å². The van der Waals surface area contributed by atoms with Gasteiger partial charge < -0.3 is 10.2 Å². The Kier molecular flexibility index (Phi) is 5.47. The highest BCUT2D eigenvalue weighted by Crippen LogP contribution is 2.25. The Balaban J connectivity index is 2.10. The minimum Gasteiger partial charge on any atom is -0.354 e. The summed E-state index contributed by atoms with van der Waals surface area (Å²) in [6.45, 7) is 4.67. The van der Waals surface area contributed by atoms with E-state index in [2.05, 4.69) is 10.3 Å². The van der Waals surface area contributed by atoms with Crippen molar-refractivity contribution >= 4 is 35.2 Å². The van der Waals surface area contributed by atoms with E-state index in [9.17, 15) is 9.59 Å². The lowest BCUT2D eigenvalue weighted by atomic mass is 10.2. The zero-order valence-electron chi connectivity index (χ0n) is 12.0. The second-order valence-electron chi connectivity index (χ2n) is 5.29. The fourth-order valence-electron chi connectivity index (χ4n) is 1.99. The van der Waals surface area contributed by atoms with E-state index >= 15 is 0 Å². The summed E-state index contributed by atoms with van der Waals surface area (Å²) in [5.74, 6) is 1.15. The summed E-state index contributed by atoms with van der Waals surface area (Å²) >= 11 is 7.58. The van der Waals surface area contributed by atoms with E-state index in [0.29, 0.717) is 34.7 Å². The van der Waals surface area contributed by atoms with Gasteiger partial charge in [-0.2, -0.15) is 0 Å². The fraction of sp³-hybridized carbons (Fsp3) is 0.500. The lowest BCUT2D eigenvalue weighted by Crippen LogP contribution is -2.48. The highest BCUT2D eigenvalue weighted by molar-refractivity contribution is 7.99. The summed E-state index contributed by atoms with van der Waals surface area (Å²) in [5, 5.41) is 3.19. The van der Waals surface area contributed by atoms with Gasteiger partial charge >= 0.3 is 0 Å². The Bertz CT molecular complexity index is 539. The molecule has 114 valence electrons. The maximum atomic E-state index is 12.5. The molecule has 0 aliphatic carbocycles. The largest absolute Gasteiger partial charge is 0.354 e. The van der Waals surface area contributed by atoms with Crippen molar-refractivity contribution in [3.05, 3.63) is 29.0 Å². The van der Waals surface area contributed by atoms with Gasteiger partial charge in [0.2, 0.25) is 5.91 Å². The highest BCUT2D eigenvalue weighted by Gasteiger charge is 2.35. The first-order valence-electron chi connectivity index (χ1n) is 6.76. The molecule has 2 rings (SSSR count). The van der Waals surface area contributed by atoms with E-state index in [0.717, 1.165) is 0 Å². The molecular formula is C14H18ClN3O2S. The van der Waals surface area contributed by atoms with Crippen LogP contribution in [0.4, 0.5) is 0 Å². The third-order valence-electron chi connectivity index (χ3n) is 3.13.